The fraction of sp³-hybridized carbons (Fsp3) is 0.600. The Kier molecular flexibility index (Phi) is 2.77. The molecule has 0 radical (unpaired) electrons. The maximum Gasteiger partial charge on any atom is 0.0107 e. The molecule has 0 spiro atoms. The van der Waals surface area contributed by atoms with Crippen LogP contribution in [0.3, 0.4) is 0 Å². The maximum absolute atomic E-state index is 3.17. The lowest BCUT2D eigenvalue weighted by atomic mass is 9.89. The normalized spacial score (nSPS) is 24.8. The molecule has 1 saturated carbocycles. The summed E-state index contributed by atoms with van der Waals surface area (Å²) in [5.74, 6) is 0.848. The van der Waals surface area contributed by atoms with E-state index in [1.54, 1.807) is 0 Å². The lowest BCUT2D eigenvalue weighted by Gasteiger charge is -2.24. The highest BCUT2D eigenvalue weighted by atomic mass is 32.2. The van der Waals surface area contributed by atoms with Gasteiger partial charge in [0.05, 0.1) is 0 Å². The number of allylic oxidation sites excluding steroid dienone is 1. The van der Waals surface area contributed by atoms with E-state index in [1.807, 2.05) is 18.0 Å². The summed E-state index contributed by atoms with van der Waals surface area (Å²) in [4.78, 5) is 1.54. The number of rotatable bonds is 1. The average molecular weight is 181 g/mol. The number of hydrogen-bond acceptors (Lipinski definition) is 2. The van der Waals surface area contributed by atoms with Crippen LogP contribution in [-0.4, -0.2) is 0 Å². The van der Waals surface area contributed by atoms with E-state index in [9.17, 15) is 0 Å². The van der Waals surface area contributed by atoms with Crippen molar-refractivity contribution in [3.05, 3.63) is 22.7 Å². The Balaban J connectivity index is 1.93. The summed E-state index contributed by atoms with van der Waals surface area (Å²) in [6.45, 7) is 0. The highest BCUT2D eigenvalue weighted by Gasteiger charge is 2.18. The van der Waals surface area contributed by atoms with Gasteiger partial charge >= 0.3 is 0 Å². The molecular weight excluding hydrogens is 166 g/mol. The quantitative estimate of drug-likeness (QED) is 0.666. The summed E-state index contributed by atoms with van der Waals surface area (Å²) < 4.78 is 0. The van der Waals surface area contributed by atoms with E-state index in [-0.39, 0.29) is 0 Å². The van der Waals surface area contributed by atoms with Crippen molar-refractivity contribution in [2.45, 2.75) is 32.1 Å². The number of nitrogens with one attached hydrogen (secondary N) is 1. The predicted octanol–water partition coefficient (Wildman–Crippen LogP) is 3.22. The van der Waals surface area contributed by atoms with Crippen LogP contribution in [0.15, 0.2) is 22.7 Å². The molecule has 0 amide bonds. The average Bonchev–Trinajstić information content (AvgIpc) is 2.21. The highest BCUT2D eigenvalue weighted by molar-refractivity contribution is 8.05. The van der Waals surface area contributed by atoms with Gasteiger partial charge in [-0.3, -0.25) is 0 Å². The first-order valence-electron chi connectivity index (χ1n) is 4.74. The molecule has 66 valence electrons. The third-order valence-corrected chi connectivity index (χ3v) is 3.60. The van der Waals surface area contributed by atoms with Gasteiger partial charge in [-0.2, -0.15) is 0 Å². The van der Waals surface area contributed by atoms with Crippen molar-refractivity contribution < 1.29 is 0 Å². The van der Waals surface area contributed by atoms with Crippen molar-refractivity contribution >= 4 is 11.8 Å². The first-order valence-corrected chi connectivity index (χ1v) is 5.62. The fourth-order valence-corrected chi connectivity index (χ4v) is 2.79. The Hall–Kier alpha value is -0.370. The van der Waals surface area contributed by atoms with Crippen molar-refractivity contribution in [3.63, 3.8) is 0 Å². The molecule has 0 atom stereocenters. The summed E-state index contributed by atoms with van der Waals surface area (Å²) in [6, 6.07) is 0. The van der Waals surface area contributed by atoms with Gasteiger partial charge in [0.15, 0.2) is 0 Å². The second kappa shape index (κ2) is 4.04. The number of thioether (sulfide) groups is 1. The zero-order valence-electron chi connectivity index (χ0n) is 7.25. The van der Waals surface area contributed by atoms with Gasteiger partial charge in [-0.1, -0.05) is 31.0 Å². The summed E-state index contributed by atoms with van der Waals surface area (Å²) in [5, 5.41) is 5.31. The summed E-state index contributed by atoms with van der Waals surface area (Å²) in [7, 11) is 0. The van der Waals surface area contributed by atoms with Gasteiger partial charge in [-0.15, -0.1) is 0 Å². The molecule has 2 heteroatoms. The van der Waals surface area contributed by atoms with Crippen LogP contribution in [0, 0.1) is 5.92 Å². The van der Waals surface area contributed by atoms with Crippen LogP contribution >= 0.6 is 11.8 Å². The monoisotopic (exact) mass is 181 g/mol. The second-order valence-corrected chi connectivity index (χ2v) is 4.45. The molecule has 1 aliphatic heterocycles. The molecule has 2 aliphatic rings. The topological polar surface area (TPSA) is 12.0 Å². The summed E-state index contributed by atoms with van der Waals surface area (Å²) >= 11 is 1.89. The Labute approximate surface area is 78.3 Å². The Morgan fingerprint density at radius 1 is 1.25 bits per heavy atom. The van der Waals surface area contributed by atoms with E-state index in [0.717, 1.165) is 5.92 Å². The predicted molar refractivity (Wildman–Crippen MR) is 54.5 cm³/mol. The molecular formula is C10H15NS. The molecule has 2 rings (SSSR count). The maximum atomic E-state index is 3.17. The Bertz CT molecular complexity index is 202. The molecule has 12 heavy (non-hydrogen) atoms. The molecule has 0 saturated heterocycles. The van der Waals surface area contributed by atoms with Crippen LogP contribution in [0.2, 0.25) is 0 Å². The van der Waals surface area contributed by atoms with Crippen LogP contribution in [0.4, 0.5) is 0 Å². The zero-order valence-corrected chi connectivity index (χ0v) is 8.07. The molecule has 0 bridgehead atoms. The highest BCUT2D eigenvalue weighted by Crippen LogP contribution is 2.36. The molecule has 1 aliphatic carbocycles. The van der Waals surface area contributed by atoms with Crippen LogP contribution < -0.4 is 5.32 Å². The van der Waals surface area contributed by atoms with Crippen molar-refractivity contribution in [1.29, 1.82) is 0 Å². The van der Waals surface area contributed by atoms with Gasteiger partial charge in [0, 0.05) is 17.3 Å². The third kappa shape index (κ3) is 1.86. The van der Waals surface area contributed by atoms with Crippen LogP contribution in [0.5, 0.6) is 0 Å². The lowest BCUT2D eigenvalue weighted by Crippen LogP contribution is -2.10. The van der Waals surface area contributed by atoms with Crippen LogP contribution in [0.1, 0.15) is 32.1 Å². The van der Waals surface area contributed by atoms with Crippen LogP contribution in [0.25, 0.3) is 0 Å². The van der Waals surface area contributed by atoms with Gasteiger partial charge in [0.25, 0.3) is 0 Å². The molecule has 0 aromatic heterocycles. The first-order chi connectivity index (χ1) is 5.97. The molecule has 0 aromatic rings. The summed E-state index contributed by atoms with van der Waals surface area (Å²) in [6.07, 6.45) is 11.2. The molecule has 1 N–H and O–H groups in total. The van der Waals surface area contributed by atoms with E-state index in [0.29, 0.717) is 0 Å². The minimum Gasteiger partial charge on any atom is -0.366 e. The zero-order chi connectivity index (χ0) is 8.23. The SMILES string of the molecule is C1=CSC(C2CCCCC2)=CN1. The molecule has 0 unspecified atom stereocenters. The Morgan fingerprint density at radius 3 is 2.75 bits per heavy atom. The van der Waals surface area contributed by atoms with E-state index in [2.05, 4.69) is 16.9 Å². The largest absolute Gasteiger partial charge is 0.366 e. The van der Waals surface area contributed by atoms with Crippen molar-refractivity contribution in [2.24, 2.45) is 5.92 Å². The van der Waals surface area contributed by atoms with E-state index < -0.39 is 0 Å². The first kappa shape index (κ1) is 8.24. The molecule has 1 heterocycles. The smallest absolute Gasteiger partial charge is 0.0107 e. The van der Waals surface area contributed by atoms with Crippen molar-refractivity contribution in [3.8, 4) is 0 Å². The van der Waals surface area contributed by atoms with E-state index in [1.165, 1.54) is 37.0 Å². The van der Waals surface area contributed by atoms with Gasteiger partial charge < -0.3 is 5.32 Å². The van der Waals surface area contributed by atoms with Gasteiger partial charge in [-0.05, 0) is 24.2 Å². The van der Waals surface area contributed by atoms with E-state index in [4.69, 9.17) is 0 Å². The molecule has 1 fully saturated rings. The second-order valence-electron chi connectivity index (χ2n) is 3.47. The molecule has 1 nitrogen and oxygen atoms in total. The minimum atomic E-state index is 0.848. The third-order valence-electron chi connectivity index (χ3n) is 2.60. The fourth-order valence-electron chi connectivity index (χ4n) is 1.92. The van der Waals surface area contributed by atoms with Gasteiger partial charge in [0.2, 0.25) is 0 Å². The standard InChI is InChI=1S/C10H15NS/c1-2-4-9(5-3-1)10-8-11-6-7-12-10/h6-9,11H,1-5H2. The number of hydrogen-bond donors (Lipinski definition) is 1. The Morgan fingerprint density at radius 2 is 2.08 bits per heavy atom. The summed E-state index contributed by atoms with van der Waals surface area (Å²) in [5.41, 5.74) is 0. The van der Waals surface area contributed by atoms with Crippen LogP contribution in [-0.2, 0) is 0 Å². The van der Waals surface area contributed by atoms with Crippen molar-refractivity contribution in [1.82, 2.24) is 5.32 Å². The minimum absolute atomic E-state index is 0.848. The molecule has 0 aromatic carbocycles. The van der Waals surface area contributed by atoms with Gasteiger partial charge in [0.1, 0.15) is 0 Å². The van der Waals surface area contributed by atoms with Gasteiger partial charge in [-0.25, -0.2) is 0 Å². The lowest BCUT2D eigenvalue weighted by molar-refractivity contribution is 0.414. The van der Waals surface area contributed by atoms with E-state index >= 15 is 0 Å². The van der Waals surface area contributed by atoms with Crippen molar-refractivity contribution in [2.75, 3.05) is 0 Å².